The monoisotopic (exact) mass is 241 g/mol. The van der Waals surface area contributed by atoms with Crippen molar-refractivity contribution in [1.29, 1.82) is 0 Å². The van der Waals surface area contributed by atoms with Crippen molar-refractivity contribution in [2.24, 2.45) is 0 Å². The number of carbonyl (C=O) groups is 1. The van der Waals surface area contributed by atoms with Crippen LogP contribution < -0.4 is 0 Å². The molecule has 82 valence electrons. The van der Waals surface area contributed by atoms with E-state index in [0.717, 1.165) is 4.88 Å². The standard InChI is InChI=1S/C11H15NOS2/c1-8(13)6-10-7-12-11(15-10)9-2-4-14-5-3-9/h7,9H,2-6H2,1H3. The Morgan fingerprint density at radius 2 is 2.27 bits per heavy atom. The molecule has 1 aliphatic heterocycles. The van der Waals surface area contributed by atoms with Crippen LogP contribution in [0.25, 0.3) is 0 Å². The molecule has 0 atom stereocenters. The van der Waals surface area contributed by atoms with Crippen molar-refractivity contribution in [1.82, 2.24) is 4.98 Å². The Hall–Kier alpha value is -0.350. The number of aromatic nitrogens is 1. The van der Waals surface area contributed by atoms with Gasteiger partial charge in [0.2, 0.25) is 0 Å². The second kappa shape index (κ2) is 5.12. The number of rotatable bonds is 3. The zero-order chi connectivity index (χ0) is 10.7. The van der Waals surface area contributed by atoms with Crippen LogP contribution in [-0.2, 0) is 11.2 Å². The normalized spacial score (nSPS) is 17.9. The molecule has 0 saturated carbocycles. The Kier molecular flexibility index (Phi) is 3.81. The van der Waals surface area contributed by atoms with Crippen LogP contribution in [0.5, 0.6) is 0 Å². The Labute approximate surface area is 98.5 Å². The van der Waals surface area contributed by atoms with Gasteiger partial charge in [0.05, 0.1) is 5.01 Å². The molecule has 1 aliphatic rings. The lowest BCUT2D eigenvalue weighted by atomic mass is 10.0. The van der Waals surface area contributed by atoms with Gasteiger partial charge in [-0.2, -0.15) is 11.8 Å². The predicted octanol–water partition coefficient (Wildman–Crippen LogP) is 2.89. The lowest BCUT2D eigenvalue weighted by Crippen LogP contribution is -2.07. The van der Waals surface area contributed by atoms with E-state index in [1.54, 1.807) is 18.3 Å². The van der Waals surface area contributed by atoms with Crippen molar-refractivity contribution in [3.05, 3.63) is 16.1 Å². The second-order valence-corrected chi connectivity index (χ2v) is 6.30. The first-order valence-corrected chi connectivity index (χ1v) is 7.24. The van der Waals surface area contributed by atoms with Crippen LogP contribution in [0.2, 0.25) is 0 Å². The van der Waals surface area contributed by atoms with Crippen LogP contribution in [0.3, 0.4) is 0 Å². The molecule has 0 aliphatic carbocycles. The fraction of sp³-hybridized carbons (Fsp3) is 0.636. The van der Waals surface area contributed by atoms with E-state index in [9.17, 15) is 4.79 Å². The summed E-state index contributed by atoms with van der Waals surface area (Å²) in [6, 6.07) is 0. The fourth-order valence-electron chi connectivity index (χ4n) is 1.78. The molecule has 2 heterocycles. The van der Waals surface area contributed by atoms with E-state index in [2.05, 4.69) is 4.98 Å². The van der Waals surface area contributed by atoms with Gasteiger partial charge < -0.3 is 0 Å². The summed E-state index contributed by atoms with van der Waals surface area (Å²) in [5.74, 6) is 3.39. The maximum absolute atomic E-state index is 11.0. The first-order chi connectivity index (χ1) is 7.25. The van der Waals surface area contributed by atoms with Gasteiger partial charge in [0.15, 0.2) is 0 Å². The summed E-state index contributed by atoms with van der Waals surface area (Å²) in [6.07, 6.45) is 4.93. The van der Waals surface area contributed by atoms with Crippen molar-refractivity contribution in [2.45, 2.75) is 32.1 Å². The Morgan fingerprint density at radius 1 is 1.53 bits per heavy atom. The maximum Gasteiger partial charge on any atom is 0.135 e. The Morgan fingerprint density at radius 3 is 2.93 bits per heavy atom. The third kappa shape index (κ3) is 3.05. The SMILES string of the molecule is CC(=O)Cc1cnc(C2CCSCC2)s1. The molecule has 1 aromatic rings. The van der Waals surface area contributed by atoms with Gasteiger partial charge in [-0.1, -0.05) is 0 Å². The highest BCUT2D eigenvalue weighted by Gasteiger charge is 2.19. The van der Waals surface area contributed by atoms with Crippen molar-refractivity contribution in [3.8, 4) is 0 Å². The van der Waals surface area contributed by atoms with E-state index >= 15 is 0 Å². The maximum atomic E-state index is 11.0. The molecule has 0 aromatic carbocycles. The van der Waals surface area contributed by atoms with Crippen LogP contribution in [0, 0.1) is 0 Å². The number of hydrogen-bond acceptors (Lipinski definition) is 4. The minimum Gasteiger partial charge on any atom is -0.300 e. The lowest BCUT2D eigenvalue weighted by Gasteiger charge is -2.18. The summed E-state index contributed by atoms with van der Waals surface area (Å²) in [5.41, 5.74) is 0. The summed E-state index contributed by atoms with van der Waals surface area (Å²) in [6.45, 7) is 1.64. The van der Waals surface area contributed by atoms with Gasteiger partial charge >= 0.3 is 0 Å². The molecule has 2 rings (SSSR count). The smallest absolute Gasteiger partial charge is 0.135 e. The Balaban J connectivity index is 2.02. The zero-order valence-corrected chi connectivity index (χ0v) is 10.5. The van der Waals surface area contributed by atoms with Crippen molar-refractivity contribution < 1.29 is 4.79 Å². The van der Waals surface area contributed by atoms with E-state index < -0.39 is 0 Å². The van der Waals surface area contributed by atoms with Crippen LogP contribution in [0.1, 0.15) is 35.6 Å². The highest BCUT2D eigenvalue weighted by molar-refractivity contribution is 7.99. The Bertz CT molecular complexity index is 342. The molecule has 0 amide bonds. The predicted molar refractivity (Wildman–Crippen MR) is 65.8 cm³/mol. The quantitative estimate of drug-likeness (QED) is 0.815. The molecule has 0 radical (unpaired) electrons. The number of carbonyl (C=O) groups excluding carboxylic acids is 1. The van der Waals surface area contributed by atoms with Gasteiger partial charge in [0.1, 0.15) is 5.78 Å². The topological polar surface area (TPSA) is 30.0 Å². The molecule has 4 heteroatoms. The van der Waals surface area contributed by atoms with Gasteiger partial charge in [-0.05, 0) is 31.3 Å². The molecule has 0 bridgehead atoms. The van der Waals surface area contributed by atoms with Gasteiger partial charge in [-0.25, -0.2) is 4.98 Å². The largest absolute Gasteiger partial charge is 0.300 e. The van der Waals surface area contributed by atoms with Crippen LogP contribution >= 0.6 is 23.1 Å². The van der Waals surface area contributed by atoms with Crippen molar-refractivity contribution in [3.63, 3.8) is 0 Å². The molecule has 1 aromatic heterocycles. The molecule has 1 fully saturated rings. The first kappa shape index (κ1) is 11.1. The fourth-order valence-corrected chi connectivity index (χ4v) is 4.05. The minimum atomic E-state index is 0.226. The van der Waals surface area contributed by atoms with E-state index in [1.165, 1.54) is 29.4 Å². The van der Waals surface area contributed by atoms with Gasteiger partial charge in [-0.15, -0.1) is 11.3 Å². The third-order valence-electron chi connectivity index (χ3n) is 2.57. The number of thioether (sulfide) groups is 1. The molecule has 0 unspecified atom stereocenters. The number of Topliss-reactive ketones (excluding diaryl/α,β-unsaturated/α-hetero) is 1. The highest BCUT2D eigenvalue weighted by Crippen LogP contribution is 2.33. The third-order valence-corrected chi connectivity index (χ3v) is 4.77. The van der Waals surface area contributed by atoms with Crippen LogP contribution in [0.15, 0.2) is 6.20 Å². The highest BCUT2D eigenvalue weighted by atomic mass is 32.2. The first-order valence-electron chi connectivity index (χ1n) is 5.27. The van der Waals surface area contributed by atoms with E-state index in [4.69, 9.17) is 0 Å². The van der Waals surface area contributed by atoms with Gasteiger partial charge in [-0.3, -0.25) is 4.79 Å². The summed E-state index contributed by atoms with van der Waals surface area (Å²) in [4.78, 5) is 16.5. The van der Waals surface area contributed by atoms with Crippen molar-refractivity contribution in [2.75, 3.05) is 11.5 Å². The van der Waals surface area contributed by atoms with E-state index in [-0.39, 0.29) is 5.78 Å². The minimum absolute atomic E-state index is 0.226. The average molecular weight is 241 g/mol. The molecule has 0 N–H and O–H groups in total. The molecular weight excluding hydrogens is 226 g/mol. The number of nitrogens with zero attached hydrogens (tertiary/aromatic N) is 1. The summed E-state index contributed by atoms with van der Waals surface area (Å²) >= 11 is 3.76. The number of ketones is 1. The summed E-state index contributed by atoms with van der Waals surface area (Å²) in [5, 5.41) is 1.24. The van der Waals surface area contributed by atoms with E-state index in [0.29, 0.717) is 12.3 Å². The average Bonchev–Trinajstić information content (AvgIpc) is 2.67. The lowest BCUT2D eigenvalue weighted by molar-refractivity contribution is -0.116. The van der Waals surface area contributed by atoms with Crippen LogP contribution in [-0.4, -0.2) is 22.3 Å². The molecule has 0 spiro atoms. The molecule has 2 nitrogen and oxygen atoms in total. The zero-order valence-electron chi connectivity index (χ0n) is 8.86. The summed E-state index contributed by atoms with van der Waals surface area (Å²) in [7, 11) is 0. The number of thiazole rings is 1. The van der Waals surface area contributed by atoms with E-state index in [1.807, 2.05) is 18.0 Å². The second-order valence-electron chi connectivity index (χ2n) is 3.93. The van der Waals surface area contributed by atoms with Crippen molar-refractivity contribution >= 4 is 28.9 Å². The van der Waals surface area contributed by atoms with Gasteiger partial charge in [0.25, 0.3) is 0 Å². The molecule has 15 heavy (non-hydrogen) atoms. The summed E-state index contributed by atoms with van der Waals surface area (Å²) < 4.78 is 0. The molecular formula is C11H15NOS2. The van der Waals surface area contributed by atoms with Crippen LogP contribution in [0.4, 0.5) is 0 Å². The molecule has 1 saturated heterocycles. The number of hydrogen-bond donors (Lipinski definition) is 0. The van der Waals surface area contributed by atoms with Gasteiger partial charge in [0, 0.05) is 23.4 Å².